The molecule has 0 aliphatic heterocycles. The number of nitrogens with one attached hydrogen (secondary N) is 1. The van der Waals surface area contributed by atoms with Crippen LogP contribution in [0.3, 0.4) is 0 Å². The van der Waals surface area contributed by atoms with Crippen LogP contribution in [0, 0.1) is 0 Å². The van der Waals surface area contributed by atoms with Crippen molar-refractivity contribution in [3.63, 3.8) is 0 Å². The Morgan fingerprint density at radius 2 is 2.48 bits per heavy atom. The van der Waals surface area contributed by atoms with Gasteiger partial charge in [-0.2, -0.15) is 0 Å². The number of aromatic nitrogens is 2. The fourth-order valence-corrected chi connectivity index (χ4v) is 3.18. The molecule has 0 unspecified atom stereocenters. The first-order valence-corrected chi connectivity index (χ1v) is 8.09. The lowest BCUT2D eigenvalue weighted by Gasteiger charge is -2.01. The van der Waals surface area contributed by atoms with Gasteiger partial charge in [0.05, 0.1) is 18.6 Å². The molecular weight excluding hydrogens is 310 g/mol. The van der Waals surface area contributed by atoms with Gasteiger partial charge in [0.25, 0.3) is 0 Å². The van der Waals surface area contributed by atoms with Gasteiger partial charge in [-0.05, 0) is 13.0 Å². The zero-order valence-corrected chi connectivity index (χ0v) is 13.1. The summed E-state index contributed by atoms with van der Waals surface area (Å²) >= 11 is 2.90. The first kappa shape index (κ1) is 15.6. The molecule has 0 spiro atoms. The lowest BCUT2D eigenvalue weighted by molar-refractivity contribution is 0.0524. The summed E-state index contributed by atoms with van der Waals surface area (Å²) in [6, 6.07) is 1.62. The van der Waals surface area contributed by atoms with Gasteiger partial charge in [0, 0.05) is 6.54 Å². The maximum Gasteiger partial charge on any atom is 0.341 e. The van der Waals surface area contributed by atoms with E-state index in [1.54, 1.807) is 19.1 Å². The third-order valence-corrected chi connectivity index (χ3v) is 4.39. The van der Waals surface area contributed by atoms with Gasteiger partial charge in [0.2, 0.25) is 5.13 Å². The number of hydrogen-bond donors (Lipinski definition) is 1. The van der Waals surface area contributed by atoms with E-state index in [0.717, 1.165) is 9.47 Å². The molecule has 112 valence electrons. The Bertz CT molecular complexity index is 609. The van der Waals surface area contributed by atoms with Gasteiger partial charge >= 0.3 is 5.97 Å². The summed E-state index contributed by atoms with van der Waals surface area (Å²) in [6.07, 6.45) is 3.24. The normalized spacial score (nSPS) is 10.3. The quantitative estimate of drug-likeness (QED) is 0.453. The maximum absolute atomic E-state index is 11.7. The van der Waals surface area contributed by atoms with Gasteiger partial charge in [0.15, 0.2) is 4.34 Å². The summed E-state index contributed by atoms with van der Waals surface area (Å²) in [4.78, 5) is 11.7. The second-order valence-corrected chi connectivity index (χ2v) is 6.01. The van der Waals surface area contributed by atoms with Crippen LogP contribution >= 0.6 is 23.1 Å². The van der Waals surface area contributed by atoms with Gasteiger partial charge in [-0.3, -0.25) is 0 Å². The molecule has 0 aliphatic carbocycles. The molecule has 0 fully saturated rings. The molecule has 2 heterocycles. The molecule has 0 amide bonds. The highest BCUT2D eigenvalue weighted by molar-refractivity contribution is 8.00. The van der Waals surface area contributed by atoms with Crippen LogP contribution in [0.5, 0.6) is 0 Å². The summed E-state index contributed by atoms with van der Waals surface area (Å²) in [5, 5.41) is 11.9. The van der Waals surface area contributed by atoms with Crippen molar-refractivity contribution in [3.8, 4) is 0 Å². The topological polar surface area (TPSA) is 77.3 Å². The standard InChI is InChI=1S/C13H15N3O3S2/c1-3-6-14-12-15-16-13(21-12)20-8-10-9(5-7-19-10)11(17)18-4-2/h3,5,7H,1,4,6,8H2,2H3,(H,14,15). The molecule has 0 bridgehead atoms. The zero-order valence-electron chi connectivity index (χ0n) is 11.5. The molecule has 0 saturated carbocycles. The van der Waals surface area contributed by atoms with Crippen LogP contribution in [-0.2, 0) is 10.5 Å². The van der Waals surface area contributed by atoms with E-state index in [1.165, 1.54) is 29.4 Å². The van der Waals surface area contributed by atoms with Crippen molar-refractivity contribution in [2.75, 3.05) is 18.5 Å². The maximum atomic E-state index is 11.7. The zero-order chi connectivity index (χ0) is 15.1. The van der Waals surface area contributed by atoms with Gasteiger partial charge in [-0.25, -0.2) is 4.79 Å². The van der Waals surface area contributed by atoms with Crippen LogP contribution in [-0.4, -0.2) is 29.3 Å². The summed E-state index contributed by atoms with van der Waals surface area (Å²) in [7, 11) is 0. The molecule has 8 heteroatoms. The molecule has 2 rings (SSSR count). The summed E-state index contributed by atoms with van der Waals surface area (Å²) in [6.45, 7) is 6.38. The van der Waals surface area contributed by atoms with Crippen molar-refractivity contribution < 1.29 is 13.9 Å². The highest BCUT2D eigenvalue weighted by Gasteiger charge is 2.16. The SMILES string of the molecule is C=CCNc1nnc(SCc2occc2C(=O)OCC)s1. The number of anilines is 1. The van der Waals surface area contributed by atoms with Crippen molar-refractivity contribution in [2.45, 2.75) is 17.0 Å². The van der Waals surface area contributed by atoms with Gasteiger partial charge in [-0.1, -0.05) is 29.2 Å². The molecule has 2 aromatic heterocycles. The lowest BCUT2D eigenvalue weighted by Crippen LogP contribution is -2.05. The highest BCUT2D eigenvalue weighted by atomic mass is 32.2. The number of rotatable bonds is 8. The Morgan fingerprint density at radius 1 is 1.62 bits per heavy atom. The molecule has 6 nitrogen and oxygen atoms in total. The highest BCUT2D eigenvalue weighted by Crippen LogP contribution is 2.29. The van der Waals surface area contributed by atoms with E-state index in [2.05, 4.69) is 22.1 Å². The number of carbonyl (C=O) groups is 1. The number of nitrogens with zero attached hydrogens (tertiary/aromatic N) is 2. The van der Waals surface area contributed by atoms with E-state index in [0.29, 0.717) is 30.2 Å². The predicted octanol–water partition coefficient (Wildman–Crippen LogP) is 3.20. The number of carbonyl (C=O) groups excluding carboxylic acids is 1. The fraction of sp³-hybridized carbons (Fsp3) is 0.308. The minimum absolute atomic E-state index is 0.339. The number of furan rings is 1. The van der Waals surface area contributed by atoms with E-state index in [9.17, 15) is 4.79 Å². The molecular formula is C13H15N3O3S2. The number of thioether (sulfide) groups is 1. The Morgan fingerprint density at radius 3 is 3.24 bits per heavy atom. The van der Waals surface area contributed by atoms with E-state index < -0.39 is 0 Å². The monoisotopic (exact) mass is 325 g/mol. The summed E-state index contributed by atoms with van der Waals surface area (Å²) < 4.78 is 11.1. The van der Waals surface area contributed by atoms with E-state index >= 15 is 0 Å². The van der Waals surface area contributed by atoms with Gasteiger partial charge in [0.1, 0.15) is 11.3 Å². The van der Waals surface area contributed by atoms with Gasteiger partial charge < -0.3 is 14.5 Å². The molecule has 1 N–H and O–H groups in total. The van der Waals surface area contributed by atoms with E-state index in [1.807, 2.05) is 0 Å². The largest absolute Gasteiger partial charge is 0.468 e. The van der Waals surface area contributed by atoms with Crippen LogP contribution in [0.1, 0.15) is 23.0 Å². The molecule has 0 aliphatic rings. The van der Waals surface area contributed by atoms with Crippen LogP contribution in [0.25, 0.3) is 0 Å². The van der Waals surface area contributed by atoms with Gasteiger partial charge in [-0.15, -0.1) is 16.8 Å². The van der Waals surface area contributed by atoms with Crippen LogP contribution in [0.4, 0.5) is 5.13 Å². The minimum atomic E-state index is -0.368. The van der Waals surface area contributed by atoms with Crippen LogP contribution < -0.4 is 5.32 Å². The van der Waals surface area contributed by atoms with Crippen molar-refractivity contribution in [3.05, 3.63) is 36.3 Å². The average molecular weight is 325 g/mol. The second kappa shape index (κ2) is 7.84. The first-order chi connectivity index (χ1) is 10.2. The Hall–Kier alpha value is -1.80. The third kappa shape index (κ3) is 4.33. The summed E-state index contributed by atoms with van der Waals surface area (Å²) in [5.74, 6) is 0.707. The van der Waals surface area contributed by atoms with Crippen LogP contribution in [0.2, 0.25) is 0 Å². The van der Waals surface area contributed by atoms with Crippen molar-refractivity contribution in [2.24, 2.45) is 0 Å². The fourth-order valence-electron chi connectivity index (χ4n) is 1.47. The molecule has 0 saturated heterocycles. The minimum Gasteiger partial charge on any atom is -0.468 e. The predicted molar refractivity (Wildman–Crippen MR) is 82.8 cm³/mol. The smallest absolute Gasteiger partial charge is 0.341 e. The number of esters is 1. The average Bonchev–Trinajstić information content (AvgIpc) is 3.12. The molecule has 0 radical (unpaired) electrons. The van der Waals surface area contributed by atoms with Crippen LogP contribution in [0.15, 0.2) is 33.7 Å². The Kier molecular flexibility index (Phi) is 5.82. The van der Waals surface area contributed by atoms with Crippen molar-refractivity contribution in [1.82, 2.24) is 10.2 Å². The molecule has 0 aromatic carbocycles. The molecule has 21 heavy (non-hydrogen) atoms. The van der Waals surface area contributed by atoms with Crippen molar-refractivity contribution in [1.29, 1.82) is 0 Å². The Labute approximate surface area is 130 Å². The molecule has 2 aromatic rings. The Balaban J connectivity index is 1.94. The first-order valence-electron chi connectivity index (χ1n) is 6.29. The third-order valence-electron chi connectivity index (χ3n) is 2.37. The van der Waals surface area contributed by atoms with E-state index in [4.69, 9.17) is 9.15 Å². The lowest BCUT2D eigenvalue weighted by atomic mass is 10.3. The molecule has 0 atom stereocenters. The number of ether oxygens (including phenoxy) is 1. The summed E-state index contributed by atoms with van der Waals surface area (Å²) in [5.41, 5.74) is 0.457. The van der Waals surface area contributed by atoms with Crippen molar-refractivity contribution >= 4 is 34.2 Å². The second-order valence-electron chi connectivity index (χ2n) is 3.81. The van der Waals surface area contributed by atoms with E-state index in [-0.39, 0.29) is 5.97 Å². The number of hydrogen-bond acceptors (Lipinski definition) is 8.